The number of nitrogens with two attached hydrogens (primary N) is 1. The molecule has 176 valence electrons. The summed E-state index contributed by atoms with van der Waals surface area (Å²) in [5.74, 6) is 1.05. The first-order valence-corrected chi connectivity index (χ1v) is 12.1. The number of nitrogens with zero attached hydrogens (tertiary/aromatic N) is 5. The highest BCUT2D eigenvalue weighted by Crippen LogP contribution is 2.26. The molecule has 1 aromatic carbocycles. The molecule has 34 heavy (non-hydrogen) atoms. The summed E-state index contributed by atoms with van der Waals surface area (Å²) in [6.45, 7) is 4.10. The first kappa shape index (κ1) is 22.4. The Morgan fingerprint density at radius 3 is 2.41 bits per heavy atom. The van der Waals surface area contributed by atoms with Crippen molar-refractivity contribution in [2.75, 3.05) is 31.9 Å². The molecule has 2 aliphatic rings. The Hall–Kier alpha value is -3.39. The fourth-order valence-electron chi connectivity index (χ4n) is 5.13. The van der Waals surface area contributed by atoms with E-state index in [0.29, 0.717) is 30.3 Å². The number of rotatable bonds is 5. The van der Waals surface area contributed by atoms with Crippen molar-refractivity contribution >= 4 is 28.5 Å². The molecular formula is C26H31N7O. The molecule has 3 aromatic rings. The largest absolute Gasteiger partial charge is 0.384 e. The second kappa shape index (κ2) is 9.85. The molecule has 2 saturated heterocycles. The van der Waals surface area contributed by atoms with Gasteiger partial charge in [0.2, 0.25) is 5.91 Å². The molecule has 4 heterocycles. The number of nitrogens with one attached hydrogen (secondary N) is 1. The average molecular weight is 458 g/mol. The lowest BCUT2D eigenvalue weighted by Crippen LogP contribution is -2.46. The molecule has 5 rings (SSSR count). The molecule has 0 saturated carbocycles. The normalized spacial score (nSPS) is 18.3. The van der Waals surface area contributed by atoms with Gasteiger partial charge < -0.3 is 16.0 Å². The number of hydrogen-bond donors (Lipinski definition) is 2. The van der Waals surface area contributed by atoms with Crippen LogP contribution in [0.1, 0.15) is 36.9 Å². The van der Waals surface area contributed by atoms with Crippen LogP contribution >= 0.6 is 0 Å². The summed E-state index contributed by atoms with van der Waals surface area (Å²) in [5, 5.41) is 8.67. The third kappa shape index (κ3) is 4.92. The fourth-order valence-corrected chi connectivity index (χ4v) is 5.13. The number of hydrogen-bond acceptors (Lipinski definition) is 7. The highest BCUT2D eigenvalue weighted by molar-refractivity contribution is 5.99. The predicted octanol–water partition coefficient (Wildman–Crippen LogP) is 3.13. The zero-order chi connectivity index (χ0) is 23.5. The number of amides is 1. The summed E-state index contributed by atoms with van der Waals surface area (Å²) < 4.78 is 0. The van der Waals surface area contributed by atoms with Crippen molar-refractivity contribution in [3.05, 3.63) is 60.0 Å². The third-order valence-corrected chi connectivity index (χ3v) is 7.13. The molecule has 8 nitrogen and oxygen atoms in total. The monoisotopic (exact) mass is 457 g/mol. The van der Waals surface area contributed by atoms with Crippen LogP contribution in [0.5, 0.6) is 0 Å². The Bertz CT molecular complexity index is 1180. The van der Waals surface area contributed by atoms with Gasteiger partial charge in [0.15, 0.2) is 0 Å². The fraction of sp³-hybridized carbons (Fsp3) is 0.423. The highest BCUT2D eigenvalue weighted by atomic mass is 16.2. The quantitative estimate of drug-likeness (QED) is 0.569. The van der Waals surface area contributed by atoms with Crippen LogP contribution in [0.25, 0.3) is 11.0 Å². The van der Waals surface area contributed by atoms with E-state index in [1.54, 1.807) is 12.4 Å². The Morgan fingerprint density at radius 2 is 1.68 bits per heavy atom. The molecule has 0 spiro atoms. The standard InChI is InChI=1S/C26H31N7O/c27-24-15-18(5-10-29-24)17-32-11-6-20(7-12-32)26(34)33-13-8-19(9-14-33)25(28)23-16-30-21-3-1-2-4-22(21)31-23/h1-5,10,15-16,19-20,28H,6-9,11-14,17H2,(H2,27,29). The first-order valence-electron chi connectivity index (χ1n) is 12.1. The van der Waals surface area contributed by atoms with Crippen LogP contribution in [0, 0.1) is 17.2 Å². The maximum absolute atomic E-state index is 13.2. The molecule has 0 aliphatic carbocycles. The van der Waals surface area contributed by atoms with Crippen molar-refractivity contribution in [2.24, 2.45) is 11.8 Å². The van der Waals surface area contributed by atoms with E-state index in [1.807, 2.05) is 41.3 Å². The van der Waals surface area contributed by atoms with E-state index >= 15 is 0 Å². The van der Waals surface area contributed by atoms with Crippen molar-refractivity contribution in [1.29, 1.82) is 5.41 Å². The van der Waals surface area contributed by atoms with Gasteiger partial charge in [0.1, 0.15) is 11.5 Å². The minimum atomic E-state index is 0.0983. The molecule has 8 heteroatoms. The molecular weight excluding hydrogens is 426 g/mol. The van der Waals surface area contributed by atoms with Gasteiger partial charge >= 0.3 is 0 Å². The minimum Gasteiger partial charge on any atom is -0.384 e. The molecule has 3 N–H and O–H groups in total. The summed E-state index contributed by atoms with van der Waals surface area (Å²) in [6.07, 6.45) is 6.85. The number of aromatic nitrogens is 3. The van der Waals surface area contributed by atoms with Crippen molar-refractivity contribution in [2.45, 2.75) is 32.2 Å². The number of nitrogen functional groups attached to an aromatic ring is 1. The number of pyridine rings is 1. The van der Waals surface area contributed by atoms with Crippen molar-refractivity contribution in [3.8, 4) is 0 Å². The van der Waals surface area contributed by atoms with Crippen LogP contribution in [-0.2, 0) is 11.3 Å². The molecule has 0 bridgehead atoms. The van der Waals surface area contributed by atoms with E-state index < -0.39 is 0 Å². The Morgan fingerprint density at radius 1 is 0.971 bits per heavy atom. The summed E-state index contributed by atoms with van der Waals surface area (Å²) in [7, 11) is 0. The number of benzene rings is 1. The number of carbonyl (C=O) groups excluding carboxylic acids is 1. The maximum atomic E-state index is 13.2. The third-order valence-electron chi connectivity index (χ3n) is 7.13. The summed E-state index contributed by atoms with van der Waals surface area (Å²) in [4.78, 5) is 30.7. The minimum absolute atomic E-state index is 0.0983. The number of fused-ring (bicyclic) bond motifs is 1. The highest BCUT2D eigenvalue weighted by Gasteiger charge is 2.32. The van der Waals surface area contributed by atoms with E-state index in [4.69, 9.17) is 11.1 Å². The molecule has 0 atom stereocenters. The average Bonchev–Trinajstić information content (AvgIpc) is 2.88. The van der Waals surface area contributed by atoms with Gasteiger partial charge in [-0.2, -0.15) is 0 Å². The topological polar surface area (TPSA) is 112 Å². The van der Waals surface area contributed by atoms with Gasteiger partial charge in [-0.3, -0.25) is 14.7 Å². The molecule has 2 aromatic heterocycles. The van der Waals surface area contributed by atoms with Crippen LogP contribution in [0.3, 0.4) is 0 Å². The lowest BCUT2D eigenvalue weighted by atomic mass is 9.88. The van der Waals surface area contributed by atoms with Crippen LogP contribution in [0.2, 0.25) is 0 Å². The van der Waals surface area contributed by atoms with E-state index in [2.05, 4.69) is 19.9 Å². The van der Waals surface area contributed by atoms with Crippen LogP contribution in [0.15, 0.2) is 48.8 Å². The Balaban J connectivity index is 1.11. The maximum Gasteiger partial charge on any atom is 0.225 e. The van der Waals surface area contributed by atoms with Gasteiger partial charge in [0.05, 0.1) is 22.9 Å². The summed E-state index contributed by atoms with van der Waals surface area (Å²) in [5.41, 5.74) is 9.80. The molecule has 2 fully saturated rings. The van der Waals surface area contributed by atoms with Crippen LogP contribution in [-0.4, -0.2) is 62.5 Å². The van der Waals surface area contributed by atoms with Gasteiger partial charge in [-0.15, -0.1) is 0 Å². The van der Waals surface area contributed by atoms with E-state index in [-0.39, 0.29) is 17.7 Å². The molecule has 0 radical (unpaired) electrons. The summed E-state index contributed by atoms with van der Waals surface area (Å²) >= 11 is 0. The van der Waals surface area contributed by atoms with Gasteiger partial charge in [-0.1, -0.05) is 12.1 Å². The number of piperidine rings is 2. The van der Waals surface area contributed by atoms with Crippen LogP contribution in [0.4, 0.5) is 5.82 Å². The molecule has 2 aliphatic heterocycles. The molecule has 1 amide bonds. The second-order valence-electron chi connectivity index (χ2n) is 9.40. The van der Waals surface area contributed by atoms with Crippen molar-refractivity contribution in [1.82, 2.24) is 24.8 Å². The second-order valence-corrected chi connectivity index (χ2v) is 9.40. The number of para-hydroxylation sites is 2. The van der Waals surface area contributed by atoms with Crippen molar-refractivity contribution < 1.29 is 4.79 Å². The Labute approximate surface area is 199 Å². The zero-order valence-electron chi connectivity index (χ0n) is 19.4. The number of carbonyl (C=O) groups is 1. The van der Waals surface area contributed by atoms with E-state index in [9.17, 15) is 4.79 Å². The van der Waals surface area contributed by atoms with Gasteiger partial charge in [-0.25, -0.2) is 9.97 Å². The van der Waals surface area contributed by atoms with Gasteiger partial charge in [-0.05, 0) is 68.6 Å². The van der Waals surface area contributed by atoms with Crippen molar-refractivity contribution in [3.63, 3.8) is 0 Å². The zero-order valence-corrected chi connectivity index (χ0v) is 19.4. The number of likely N-dealkylation sites (tertiary alicyclic amines) is 2. The SMILES string of the molecule is N=C(c1cnc2ccccc2n1)C1CCN(C(=O)C2CCN(Cc3ccnc(N)c3)CC2)CC1. The van der Waals surface area contributed by atoms with E-state index in [0.717, 1.165) is 61.9 Å². The predicted molar refractivity (Wildman–Crippen MR) is 132 cm³/mol. The lowest BCUT2D eigenvalue weighted by molar-refractivity contribution is -0.138. The van der Waals surface area contributed by atoms with Gasteiger partial charge in [0, 0.05) is 37.7 Å². The molecule has 0 unspecified atom stereocenters. The number of anilines is 1. The lowest BCUT2D eigenvalue weighted by Gasteiger charge is -2.37. The smallest absolute Gasteiger partial charge is 0.225 e. The first-order chi connectivity index (χ1) is 16.6. The Kier molecular flexibility index (Phi) is 6.49. The van der Waals surface area contributed by atoms with Crippen LogP contribution < -0.4 is 5.73 Å². The van der Waals surface area contributed by atoms with E-state index in [1.165, 1.54) is 0 Å². The van der Waals surface area contributed by atoms with Gasteiger partial charge in [0.25, 0.3) is 0 Å². The summed E-state index contributed by atoms with van der Waals surface area (Å²) in [6, 6.07) is 11.7.